The molecule has 0 saturated heterocycles. The Balaban J connectivity index is 2.52. The van der Waals surface area contributed by atoms with E-state index in [1.165, 1.54) is 6.08 Å². The Kier molecular flexibility index (Phi) is 8.28. The van der Waals surface area contributed by atoms with E-state index in [-0.39, 0.29) is 11.5 Å². The molecule has 2 aromatic carbocycles. The van der Waals surface area contributed by atoms with Gasteiger partial charge in [-0.25, -0.2) is 0 Å². The van der Waals surface area contributed by atoms with Crippen molar-refractivity contribution in [3.05, 3.63) is 83.0 Å². The summed E-state index contributed by atoms with van der Waals surface area (Å²) in [5, 5.41) is 10.9. The molecule has 4 heteroatoms. The minimum Gasteiger partial charge on any atom is -0.507 e. The Hall–Kier alpha value is -3.27. The molecule has 0 fully saturated rings. The van der Waals surface area contributed by atoms with Crippen LogP contribution in [0.2, 0.25) is 0 Å². The summed E-state index contributed by atoms with van der Waals surface area (Å²) in [4.78, 5) is 12.6. The van der Waals surface area contributed by atoms with E-state index in [2.05, 4.69) is 0 Å². The number of nitrogens with two attached hydrogens (primary N) is 1. The summed E-state index contributed by atoms with van der Waals surface area (Å²) in [6.07, 6.45) is 12.3. The molecule has 0 aliphatic rings. The molecule has 0 atom stereocenters. The summed E-state index contributed by atoms with van der Waals surface area (Å²) >= 11 is 0. The van der Waals surface area contributed by atoms with E-state index in [1.807, 2.05) is 51.1 Å². The summed E-state index contributed by atoms with van der Waals surface area (Å²) < 4.78 is 5.87. The largest absolute Gasteiger partial charge is 0.507 e. The molecule has 0 radical (unpaired) electrons. The van der Waals surface area contributed by atoms with Crippen LogP contribution in [0.1, 0.15) is 47.8 Å². The second-order valence-electron chi connectivity index (χ2n) is 6.59. The van der Waals surface area contributed by atoms with Crippen molar-refractivity contribution in [1.29, 1.82) is 0 Å². The van der Waals surface area contributed by atoms with Crippen molar-refractivity contribution in [2.24, 2.45) is 0 Å². The number of allylic oxidation sites excluding steroid dienone is 5. The molecule has 2 aromatic rings. The van der Waals surface area contributed by atoms with E-state index in [1.54, 1.807) is 30.3 Å². The van der Waals surface area contributed by atoms with E-state index in [0.29, 0.717) is 42.0 Å². The van der Waals surface area contributed by atoms with Crippen molar-refractivity contribution in [3.63, 3.8) is 0 Å². The lowest BCUT2D eigenvalue weighted by Gasteiger charge is -2.17. The molecule has 0 saturated carbocycles. The number of hydrogen-bond acceptors (Lipinski definition) is 4. The highest BCUT2D eigenvalue weighted by Crippen LogP contribution is 2.37. The average molecular weight is 392 g/mol. The number of carbonyl (C=O) groups is 1. The quantitative estimate of drug-likeness (QED) is 0.256. The number of phenols is 1. The maximum absolute atomic E-state index is 12.6. The third-order valence-corrected chi connectivity index (χ3v) is 4.48. The predicted molar refractivity (Wildman–Crippen MR) is 121 cm³/mol. The molecule has 152 valence electrons. The van der Waals surface area contributed by atoms with Gasteiger partial charge in [0, 0.05) is 11.3 Å². The van der Waals surface area contributed by atoms with Gasteiger partial charge >= 0.3 is 0 Å². The first-order chi connectivity index (χ1) is 14.0. The molecule has 0 aliphatic carbocycles. The molecule has 0 heterocycles. The molecule has 0 spiro atoms. The van der Waals surface area contributed by atoms with E-state index in [4.69, 9.17) is 10.5 Å². The van der Waals surface area contributed by atoms with E-state index in [0.717, 1.165) is 11.1 Å². The highest BCUT2D eigenvalue weighted by molar-refractivity contribution is 6.07. The summed E-state index contributed by atoms with van der Waals surface area (Å²) in [5.41, 5.74) is 9.12. The standard InChI is InChI=1S/C25H29NO3/c1-4-7-9-19-17-20(10-8-5-2)25(29-6-3)22(24(19)28)15-16-23(27)18-11-13-21(26)14-12-18/h4-5,7-8,11-17,28H,6,9-10,26H2,1-3H3/b7-4+,8-5+,16-15+. The Morgan fingerprint density at radius 3 is 2.28 bits per heavy atom. The van der Waals surface area contributed by atoms with Crippen molar-refractivity contribution >= 4 is 17.5 Å². The lowest BCUT2D eigenvalue weighted by molar-refractivity contribution is 0.104. The van der Waals surface area contributed by atoms with Gasteiger partial charge in [0.05, 0.1) is 12.2 Å². The number of ketones is 1. The van der Waals surface area contributed by atoms with Crippen LogP contribution < -0.4 is 10.5 Å². The van der Waals surface area contributed by atoms with Crippen LogP contribution in [0.3, 0.4) is 0 Å². The third kappa shape index (κ3) is 5.85. The van der Waals surface area contributed by atoms with Gasteiger partial charge in [0.25, 0.3) is 0 Å². The maximum Gasteiger partial charge on any atom is 0.185 e. The predicted octanol–water partition coefficient (Wildman–Crippen LogP) is 5.51. The van der Waals surface area contributed by atoms with E-state index >= 15 is 0 Å². The maximum atomic E-state index is 12.6. The highest BCUT2D eigenvalue weighted by Gasteiger charge is 2.17. The molecule has 0 aromatic heterocycles. The molecule has 0 bridgehead atoms. The Morgan fingerprint density at radius 2 is 1.69 bits per heavy atom. The van der Waals surface area contributed by atoms with Gasteiger partial charge in [0.15, 0.2) is 5.78 Å². The number of nitrogen functional groups attached to an aromatic ring is 1. The minimum absolute atomic E-state index is 0.136. The van der Waals surface area contributed by atoms with E-state index < -0.39 is 0 Å². The SMILES string of the molecule is C/C=C/Cc1cc(C/C=C/C)c(OCC)c(/C=C/C(=O)c2ccc(N)cc2)c1O. The monoisotopic (exact) mass is 391 g/mol. The van der Waals surface area contributed by atoms with Crippen molar-refractivity contribution < 1.29 is 14.6 Å². The van der Waals surface area contributed by atoms with Crippen molar-refractivity contribution in [1.82, 2.24) is 0 Å². The van der Waals surface area contributed by atoms with Gasteiger partial charge in [-0.1, -0.05) is 24.3 Å². The van der Waals surface area contributed by atoms with Crippen molar-refractivity contribution in [2.75, 3.05) is 12.3 Å². The van der Waals surface area contributed by atoms with Crippen molar-refractivity contribution in [3.8, 4) is 11.5 Å². The summed E-state index contributed by atoms with van der Waals surface area (Å²) in [5.74, 6) is 0.575. The van der Waals surface area contributed by atoms with Gasteiger partial charge in [0.2, 0.25) is 0 Å². The molecule has 0 aliphatic heterocycles. The van der Waals surface area contributed by atoms with Crippen LogP contribution in [0.5, 0.6) is 11.5 Å². The van der Waals surface area contributed by atoms with Crippen LogP contribution in [0, 0.1) is 0 Å². The van der Waals surface area contributed by atoms with Crippen LogP contribution in [0.25, 0.3) is 6.08 Å². The molecule has 29 heavy (non-hydrogen) atoms. The van der Waals surface area contributed by atoms with Crippen LogP contribution in [0.15, 0.2) is 60.7 Å². The fourth-order valence-electron chi connectivity index (χ4n) is 2.97. The normalized spacial score (nSPS) is 11.7. The second-order valence-corrected chi connectivity index (χ2v) is 6.59. The average Bonchev–Trinajstić information content (AvgIpc) is 2.72. The van der Waals surface area contributed by atoms with Gasteiger partial charge in [-0.2, -0.15) is 0 Å². The molecule has 3 N–H and O–H groups in total. The first-order valence-electron chi connectivity index (χ1n) is 9.82. The Labute approximate surface area is 173 Å². The van der Waals surface area contributed by atoms with Gasteiger partial charge < -0.3 is 15.6 Å². The third-order valence-electron chi connectivity index (χ3n) is 4.48. The molecular weight excluding hydrogens is 362 g/mol. The molecule has 0 amide bonds. The lowest BCUT2D eigenvalue weighted by Crippen LogP contribution is -2.02. The summed E-state index contributed by atoms with van der Waals surface area (Å²) in [7, 11) is 0. The van der Waals surface area contributed by atoms with E-state index in [9.17, 15) is 9.90 Å². The Bertz CT molecular complexity index is 922. The number of phenolic OH excluding ortho intramolecular Hbond substituents is 1. The molecule has 0 unspecified atom stereocenters. The van der Waals surface area contributed by atoms with Gasteiger partial charge in [-0.3, -0.25) is 4.79 Å². The number of anilines is 1. The minimum atomic E-state index is -0.166. The first-order valence-corrected chi connectivity index (χ1v) is 9.82. The summed E-state index contributed by atoms with van der Waals surface area (Å²) in [6, 6.07) is 8.73. The van der Waals surface area contributed by atoms with Gasteiger partial charge in [-0.05, 0) is 87.2 Å². The van der Waals surface area contributed by atoms with Crippen LogP contribution in [0.4, 0.5) is 5.69 Å². The molecule has 2 rings (SSSR count). The number of rotatable bonds is 9. The number of ether oxygens (including phenoxy) is 1. The lowest BCUT2D eigenvalue weighted by atomic mass is 9.97. The zero-order chi connectivity index (χ0) is 21.2. The smallest absolute Gasteiger partial charge is 0.185 e. The van der Waals surface area contributed by atoms with Crippen LogP contribution >= 0.6 is 0 Å². The second kappa shape index (κ2) is 10.9. The van der Waals surface area contributed by atoms with Gasteiger partial charge in [-0.15, -0.1) is 0 Å². The fraction of sp³-hybridized carbons (Fsp3) is 0.240. The van der Waals surface area contributed by atoms with Crippen LogP contribution in [-0.2, 0) is 12.8 Å². The highest BCUT2D eigenvalue weighted by atomic mass is 16.5. The van der Waals surface area contributed by atoms with Gasteiger partial charge in [0.1, 0.15) is 11.5 Å². The first kappa shape index (κ1) is 22.0. The zero-order valence-corrected chi connectivity index (χ0v) is 17.3. The number of carbonyl (C=O) groups excluding carboxylic acids is 1. The topological polar surface area (TPSA) is 72.5 Å². The fourth-order valence-corrected chi connectivity index (χ4v) is 2.97. The molecular formula is C25H29NO3. The van der Waals surface area contributed by atoms with Crippen LogP contribution in [-0.4, -0.2) is 17.5 Å². The number of hydrogen-bond donors (Lipinski definition) is 2. The molecule has 4 nitrogen and oxygen atoms in total. The summed E-state index contributed by atoms with van der Waals surface area (Å²) in [6.45, 7) is 6.27. The zero-order valence-electron chi connectivity index (χ0n) is 17.3. The number of aromatic hydroxyl groups is 1. The Morgan fingerprint density at radius 1 is 1.07 bits per heavy atom. The van der Waals surface area contributed by atoms with Crippen molar-refractivity contribution in [2.45, 2.75) is 33.6 Å². The number of benzene rings is 2.